The molecule has 0 atom stereocenters. The first-order chi connectivity index (χ1) is 9.88. The van der Waals surface area contributed by atoms with Crippen molar-refractivity contribution in [1.29, 1.82) is 0 Å². The van der Waals surface area contributed by atoms with Crippen LogP contribution in [0.2, 0.25) is 5.02 Å². The number of phenols is 1. The Kier molecular flexibility index (Phi) is 4.35. The number of nitrogens with zero attached hydrogens (tertiary/aromatic N) is 1. The highest BCUT2D eigenvalue weighted by atomic mass is 35.5. The van der Waals surface area contributed by atoms with Gasteiger partial charge in [-0.05, 0) is 42.5 Å². The largest absolute Gasteiger partial charge is 0.507 e. The minimum atomic E-state index is -3.79. The number of anilines is 1. The van der Waals surface area contributed by atoms with Crippen LogP contribution in [0.5, 0.6) is 5.75 Å². The van der Waals surface area contributed by atoms with Crippen molar-refractivity contribution in [3.05, 3.63) is 53.1 Å². The van der Waals surface area contributed by atoms with Crippen molar-refractivity contribution in [2.24, 2.45) is 5.10 Å². The number of phenolic OH excluding ortho intramolecular Hbond substituents is 1. The summed E-state index contributed by atoms with van der Waals surface area (Å²) < 4.78 is 23.9. The molecule has 0 fully saturated rings. The van der Waals surface area contributed by atoms with Gasteiger partial charge in [0.1, 0.15) is 5.75 Å². The third-order valence-corrected chi connectivity index (χ3v) is 4.03. The molecule has 0 radical (unpaired) electrons. The second kappa shape index (κ2) is 6.02. The zero-order valence-corrected chi connectivity index (χ0v) is 12.3. The van der Waals surface area contributed by atoms with Gasteiger partial charge in [-0.15, -0.1) is 0 Å². The Morgan fingerprint density at radius 1 is 1.19 bits per heavy atom. The standard InChI is InChI=1S/C13H12ClN3O3S/c14-10-1-6-13(18)9(7-10)8-16-17-21(19,20)12-4-2-11(15)3-5-12/h1-8,17-18H,15H2. The van der Waals surface area contributed by atoms with E-state index in [9.17, 15) is 13.5 Å². The predicted molar refractivity (Wildman–Crippen MR) is 81.9 cm³/mol. The minimum absolute atomic E-state index is 0.0316. The van der Waals surface area contributed by atoms with E-state index in [2.05, 4.69) is 5.10 Å². The lowest BCUT2D eigenvalue weighted by molar-refractivity contribution is 0.474. The molecule has 0 bridgehead atoms. The number of nitrogens with one attached hydrogen (secondary N) is 1. The first kappa shape index (κ1) is 15.1. The molecule has 0 spiro atoms. The molecule has 2 aromatic rings. The molecule has 0 aromatic heterocycles. The number of nitrogen functional groups attached to an aromatic ring is 1. The lowest BCUT2D eigenvalue weighted by atomic mass is 10.2. The molecule has 0 saturated carbocycles. The maximum Gasteiger partial charge on any atom is 0.276 e. The highest BCUT2D eigenvalue weighted by molar-refractivity contribution is 7.89. The summed E-state index contributed by atoms with van der Waals surface area (Å²) in [6.07, 6.45) is 1.16. The maximum absolute atomic E-state index is 11.9. The number of hydrogen-bond acceptors (Lipinski definition) is 5. The third-order valence-electron chi connectivity index (χ3n) is 2.56. The van der Waals surface area contributed by atoms with Crippen LogP contribution >= 0.6 is 11.6 Å². The molecular weight excluding hydrogens is 314 g/mol. The molecule has 4 N–H and O–H groups in total. The van der Waals surface area contributed by atoms with Crippen LogP contribution in [0.3, 0.4) is 0 Å². The van der Waals surface area contributed by atoms with Gasteiger partial charge in [0.2, 0.25) is 0 Å². The van der Waals surface area contributed by atoms with E-state index in [1.54, 1.807) is 0 Å². The van der Waals surface area contributed by atoms with Crippen LogP contribution in [0.4, 0.5) is 5.69 Å². The van der Waals surface area contributed by atoms with Crippen LogP contribution in [-0.2, 0) is 10.0 Å². The molecule has 6 nitrogen and oxygen atoms in total. The summed E-state index contributed by atoms with van der Waals surface area (Å²) in [5.74, 6) is -0.0603. The van der Waals surface area contributed by atoms with E-state index >= 15 is 0 Å². The fraction of sp³-hybridized carbons (Fsp3) is 0. The van der Waals surface area contributed by atoms with Gasteiger partial charge in [-0.2, -0.15) is 13.5 Å². The summed E-state index contributed by atoms with van der Waals surface area (Å²) in [4.78, 5) is 2.07. The topological polar surface area (TPSA) is 105 Å². The Bertz CT molecular complexity index is 774. The van der Waals surface area contributed by atoms with Crippen LogP contribution in [0.25, 0.3) is 0 Å². The van der Waals surface area contributed by atoms with Crippen LogP contribution in [0, 0.1) is 0 Å². The van der Waals surface area contributed by atoms with Gasteiger partial charge in [0, 0.05) is 16.3 Å². The molecule has 8 heteroatoms. The highest BCUT2D eigenvalue weighted by Crippen LogP contribution is 2.19. The van der Waals surface area contributed by atoms with Gasteiger partial charge < -0.3 is 10.8 Å². The van der Waals surface area contributed by atoms with E-state index in [0.29, 0.717) is 16.3 Å². The molecule has 0 saturated heterocycles. The zero-order chi connectivity index (χ0) is 15.5. The molecule has 0 unspecified atom stereocenters. The van der Waals surface area contributed by atoms with Crippen LogP contribution in [0.15, 0.2) is 52.5 Å². The van der Waals surface area contributed by atoms with Crippen molar-refractivity contribution in [3.8, 4) is 5.75 Å². The molecule has 2 aromatic carbocycles. The number of hydrogen-bond donors (Lipinski definition) is 3. The second-order valence-electron chi connectivity index (χ2n) is 4.13. The SMILES string of the molecule is Nc1ccc(S(=O)(=O)NN=Cc2cc(Cl)ccc2O)cc1. The van der Waals surface area contributed by atoms with Gasteiger partial charge in [0.15, 0.2) is 0 Å². The first-order valence-electron chi connectivity index (χ1n) is 5.77. The lowest BCUT2D eigenvalue weighted by Crippen LogP contribution is -2.18. The molecule has 0 amide bonds. The van der Waals surface area contributed by atoms with E-state index in [1.165, 1.54) is 42.5 Å². The van der Waals surface area contributed by atoms with Gasteiger partial charge in [-0.1, -0.05) is 11.6 Å². The van der Waals surface area contributed by atoms with Gasteiger partial charge in [-0.3, -0.25) is 0 Å². The monoisotopic (exact) mass is 325 g/mol. The summed E-state index contributed by atoms with van der Waals surface area (Å²) in [5, 5.41) is 13.6. The van der Waals surface area contributed by atoms with Gasteiger partial charge >= 0.3 is 0 Å². The van der Waals surface area contributed by atoms with E-state index in [0.717, 1.165) is 6.21 Å². The summed E-state index contributed by atoms with van der Waals surface area (Å²) in [6.45, 7) is 0. The van der Waals surface area contributed by atoms with Gasteiger partial charge in [-0.25, -0.2) is 4.83 Å². The average molecular weight is 326 g/mol. The molecule has 0 aliphatic carbocycles. The van der Waals surface area contributed by atoms with Gasteiger partial charge in [0.05, 0.1) is 11.1 Å². The minimum Gasteiger partial charge on any atom is -0.507 e. The van der Waals surface area contributed by atoms with E-state index in [1.807, 2.05) is 4.83 Å². The quantitative estimate of drug-likeness (QED) is 0.454. The van der Waals surface area contributed by atoms with E-state index in [4.69, 9.17) is 17.3 Å². The fourth-order valence-corrected chi connectivity index (χ4v) is 2.47. The second-order valence-corrected chi connectivity index (χ2v) is 6.22. The smallest absolute Gasteiger partial charge is 0.276 e. The number of sulfonamides is 1. The average Bonchev–Trinajstić information content (AvgIpc) is 2.43. The number of nitrogens with two attached hydrogens (primary N) is 1. The lowest BCUT2D eigenvalue weighted by Gasteiger charge is -2.04. The zero-order valence-electron chi connectivity index (χ0n) is 10.7. The van der Waals surface area contributed by atoms with Crippen molar-refractivity contribution in [3.63, 3.8) is 0 Å². The molecule has 0 heterocycles. The number of aromatic hydroxyl groups is 1. The van der Waals surface area contributed by atoms with Crippen LogP contribution in [0.1, 0.15) is 5.56 Å². The number of hydrazone groups is 1. The molecular formula is C13H12ClN3O3S. The number of halogens is 1. The third kappa shape index (κ3) is 3.87. The summed E-state index contributed by atoms with van der Waals surface area (Å²) in [7, 11) is -3.79. The Morgan fingerprint density at radius 3 is 2.52 bits per heavy atom. The molecule has 0 aliphatic rings. The Hall–Kier alpha value is -2.25. The molecule has 21 heavy (non-hydrogen) atoms. The van der Waals surface area contributed by atoms with Crippen LogP contribution in [-0.4, -0.2) is 19.7 Å². The van der Waals surface area contributed by atoms with Crippen molar-refractivity contribution in [1.82, 2.24) is 4.83 Å². The Morgan fingerprint density at radius 2 is 1.86 bits per heavy atom. The van der Waals surface area contributed by atoms with Crippen molar-refractivity contribution < 1.29 is 13.5 Å². The summed E-state index contributed by atoms with van der Waals surface area (Å²) >= 11 is 5.77. The molecule has 2 rings (SSSR count). The summed E-state index contributed by atoms with van der Waals surface area (Å²) in [6, 6.07) is 10.0. The molecule has 110 valence electrons. The Balaban J connectivity index is 2.16. The van der Waals surface area contributed by atoms with Crippen molar-refractivity contribution in [2.45, 2.75) is 4.90 Å². The van der Waals surface area contributed by atoms with Crippen molar-refractivity contribution >= 4 is 33.5 Å². The van der Waals surface area contributed by atoms with Crippen LogP contribution < -0.4 is 10.6 Å². The van der Waals surface area contributed by atoms with E-state index < -0.39 is 10.0 Å². The highest BCUT2D eigenvalue weighted by Gasteiger charge is 2.12. The first-order valence-corrected chi connectivity index (χ1v) is 7.63. The Labute approximate surface area is 126 Å². The predicted octanol–water partition coefficient (Wildman–Crippen LogP) is 1.94. The summed E-state index contributed by atoms with van der Waals surface area (Å²) in [5.41, 5.74) is 6.25. The molecule has 0 aliphatic heterocycles. The van der Waals surface area contributed by atoms with Crippen molar-refractivity contribution in [2.75, 3.05) is 5.73 Å². The number of rotatable bonds is 4. The fourth-order valence-electron chi connectivity index (χ4n) is 1.49. The normalized spacial score (nSPS) is 11.7. The van der Waals surface area contributed by atoms with E-state index in [-0.39, 0.29) is 10.6 Å². The van der Waals surface area contributed by atoms with Gasteiger partial charge in [0.25, 0.3) is 10.0 Å². The maximum atomic E-state index is 11.9. The number of benzene rings is 2.